The van der Waals surface area contributed by atoms with Crippen LogP contribution in [-0.2, 0) is 16.6 Å². The second-order valence-electron chi connectivity index (χ2n) is 5.76. The summed E-state index contributed by atoms with van der Waals surface area (Å²) in [6.07, 6.45) is 0.671. The SMILES string of the molecule is CCNC(=NCCCN(C)S(=O)(=O)CC)N(C)Cc1ccccc1Cl.I. The maximum atomic E-state index is 11.7. The van der Waals surface area contributed by atoms with Crippen molar-refractivity contribution in [1.29, 1.82) is 0 Å². The smallest absolute Gasteiger partial charge is 0.213 e. The summed E-state index contributed by atoms with van der Waals surface area (Å²) in [6, 6.07) is 7.74. The first-order valence-corrected chi connectivity index (χ1v) is 10.5. The number of guanidine groups is 1. The van der Waals surface area contributed by atoms with Crippen LogP contribution in [-0.4, -0.2) is 63.1 Å². The van der Waals surface area contributed by atoms with Crippen molar-refractivity contribution in [3.63, 3.8) is 0 Å². The average molecular weight is 517 g/mol. The standard InChI is InChI=1S/C17H29ClN4O2S.HI/c1-5-19-17(20-12-9-13-22(4)25(23,24)6-2)21(3)14-15-10-7-8-11-16(15)18;/h7-8,10-11H,5-6,9,12-14H2,1-4H3,(H,19,20);1H. The molecule has 0 bridgehead atoms. The lowest BCUT2D eigenvalue weighted by Gasteiger charge is -2.23. The average Bonchev–Trinajstić information content (AvgIpc) is 2.59. The Morgan fingerprint density at radius 2 is 1.88 bits per heavy atom. The highest BCUT2D eigenvalue weighted by Gasteiger charge is 2.14. The molecule has 9 heteroatoms. The van der Waals surface area contributed by atoms with Crippen LogP contribution in [0.25, 0.3) is 0 Å². The molecule has 0 radical (unpaired) electrons. The third-order valence-corrected chi connectivity index (χ3v) is 6.02. The van der Waals surface area contributed by atoms with Crippen LogP contribution in [0.1, 0.15) is 25.8 Å². The number of nitrogens with one attached hydrogen (secondary N) is 1. The number of hydrogen-bond acceptors (Lipinski definition) is 3. The van der Waals surface area contributed by atoms with Crippen LogP contribution in [0, 0.1) is 0 Å². The summed E-state index contributed by atoms with van der Waals surface area (Å²) in [5.74, 6) is 0.902. The first-order chi connectivity index (χ1) is 11.8. The van der Waals surface area contributed by atoms with E-state index in [1.807, 2.05) is 43.1 Å². The Bertz CT molecular complexity index is 670. The van der Waals surface area contributed by atoms with Gasteiger partial charge in [-0.05, 0) is 31.9 Å². The van der Waals surface area contributed by atoms with Gasteiger partial charge in [-0.2, -0.15) is 0 Å². The summed E-state index contributed by atoms with van der Waals surface area (Å²) in [7, 11) is 0.438. The first kappa shape index (κ1) is 25.4. The van der Waals surface area contributed by atoms with Crippen molar-refractivity contribution in [3.05, 3.63) is 34.9 Å². The van der Waals surface area contributed by atoms with E-state index in [1.54, 1.807) is 14.0 Å². The molecule has 0 aromatic heterocycles. The molecule has 0 aliphatic rings. The summed E-state index contributed by atoms with van der Waals surface area (Å²) >= 11 is 6.22. The Hall–Kier alpha value is -0.580. The Balaban J connectivity index is 0.00000625. The number of benzene rings is 1. The number of sulfonamides is 1. The lowest BCUT2D eigenvalue weighted by Crippen LogP contribution is -2.38. The van der Waals surface area contributed by atoms with E-state index < -0.39 is 10.0 Å². The van der Waals surface area contributed by atoms with Crippen LogP contribution in [0.3, 0.4) is 0 Å². The molecule has 0 atom stereocenters. The minimum atomic E-state index is -3.13. The van der Waals surface area contributed by atoms with E-state index in [1.165, 1.54) is 4.31 Å². The van der Waals surface area contributed by atoms with Gasteiger partial charge in [0.1, 0.15) is 0 Å². The zero-order chi connectivity index (χ0) is 18.9. The molecule has 1 N–H and O–H groups in total. The third kappa shape index (κ3) is 8.41. The summed E-state index contributed by atoms with van der Waals surface area (Å²) in [5.41, 5.74) is 1.03. The van der Waals surface area contributed by atoms with Gasteiger partial charge in [0.15, 0.2) is 5.96 Å². The van der Waals surface area contributed by atoms with E-state index in [0.29, 0.717) is 26.1 Å². The molecule has 0 heterocycles. The molecule has 0 amide bonds. The van der Waals surface area contributed by atoms with Crippen molar-refractivity contribution in [1.82, 2.24) is 14.5 Å². The van der Waals surface area contributed by atoms with Crippen LogP contribution in [0.5, 0.6) is 0 Å². The van der Waals surface area contributed by atoms with Gasteiger partial charge in [-0.3, -0.25) is 4.99 Å². The number of hydrogen-bond donors (Lipinski definition) is 1. The molecule has 6 nitrogen and oxygen atoms in total. The van der Waals surface area contributed by atoms with Gasteiger partial charge in [0.2, 0.25) is 10.0 Å². The van der Waals surface area contributed by atoms with E-state index in [9.17, 15) is 8.42 Å². The van der Waals surface area contributed by atoms with Gasteiger partial charge in [0.05, 0.1) is 5.75 Å². The number of nitrogens with zero attached hydrogens (tertiary/aromatic N) is 3. The summed E-state index contributed by atoms with van der Waals surface area (Å²) in [6.45, 7) is 6.09. The maximum absolute atomic E-state index is 11.7. The van der Waals surface area contributed by atoms with E-state index in [0.717, 1.165) is 23.1 Å². The molecule has 150 valence electrons. The third-order valence-electron chi connectivity index (χ3n) is 3.79. The Morgan fingerprint density at radius 1 is 1.23 bits per heavy atom. The molecule has 1 aromatic rings. The number of halogens is 2. The first-order valence-electron chi connectivity index (χ1n) is 8.48. The van der Waals surface area contributed by atoms with Crippen LogP contribution >= 0.6 is 35.6 Å². The van der Waals surface area contributed by atoms with Crippen molar-refractivity contribution in [3.8, 4) is 0 Å². The van der Waals surface area contributed by atoms with E-state index in [2.05, 4.69) is 10.3 Å². The summed E-state index contributed by atoms with van der Waals surface area (Å²) in [5, 5.41) is 3.99. The summed E-state index contributed by atoms with van der Waals surface area (Å²) in [4.78, 5) is 6.60. The molecule has 0 fully saturated rings. The van der Waals surface area contributed by atoms with Crippen molar-refractivity contribution in [2.75, 3.05) is 39.5 Å². The highest BCUT2D eigenvalue weighted by Crippen LogP contribution is 2.16. The largest absolute Gasteiger partial charge is 0.357 e. The van der Waals surface area contributed by atoms with E-state index in [4.69, 9.17) is 11.6 Å². The normalized spacial score (nSPS) is 12.0. The Morgan fingerprint density at radius 3 is 2.46 bits per heavy atom. The van der Waals surface area contributed by atoms with Crippen molar-refractivity contribution >= 4 is 51.6 Å². The van der Waals surface area contributed by atoms with E-state index in [-0.39, 0.29) is 29.7 Å². The summed E-state index contributed by atoms with van der Waals surface area (Å²) < 4.78 is 24.9. The topological polar surface area (TPSA) is 65.0 Å². The van der Waals surface area contributed by atoms with Crippen molar-refractivity contribution < 1.29 is 8.42 Å². The molecular weight excluding hydrogens is 487 g/mol. The molecule has 0 saturated carbocycles. The van der Waals surface area contributed by atoms with E-state index >= 15 is 0 Å². The highest BCUT2D eigenvalue weighted by molar-refractivity contribution is 14.0. The second kappa shape index (κ2) is 12.7. The van der Waals surface area contributed by atoms with Gasteiger partial charge in [0, 0.05) is 45.3 Å². The molecule has 0 aliphatic carbocycles. The second-order valence-corrected chi connectivity index (χ2v) is 8.53. The van der Waals surface area contributed by atoms with Gasteiger partial charge in [-0.15, -0.1) is 24.0 Å². The minimum Gasteiger partial charge on any atom is -0.357 e. The molecule has 0 spiro atoms. The van der Waals surface area contributed by atoms with Gasteiger partial charge in [-0.1, -0.05) is 29.8 Å². The maximum Gasteiger partial charge on any atom is 0.213 e. The number of aliphatic imine (C=N–C) groups is 1. The Kier molecular flexibility index (Phi) is 12.5. The van der Waals surface area contributed by atoms with Crippen LogP contribution in [0.15, 0.2) is 29.3 Å². The molecular formula is C17H30ClIN4O2S. The quantitative estimate of drug-likeness (QED) is 0.237. The molecule has 26 heavy (non-hydrogen) atoms. The van der Waals surface area contributed by atoms with Crippen LogP contribution < -0.4 is 5.32 Å². The number of rotatable bonds is 9. The minimum absolute atomic E-state index is 0. The Labute approximate surface area is 180 Å². The fourth-order valence-electron chi connectivity index (χ4n) is 2.26. The lowest BCUT2D eigenvalue weighted by atomic mass is 10.2. The molecule has 1 rings (SSSR count). The molecule has 0 saturated heterocycles. The predicted molar refractivity (Wildman–Crippen MR) is 121 cm³/mol. The van der Waals surface area contributed by atoms with Crippen molar-refractivity contribution in [2.24, 2.45) is 4.99 Å². The molecule has 1 aromatic carbocycles. The molecule has 0 unspecified atom stereocenters. The van der Waals surface area contributed by atoms with Gasteiger partial charge >= 0.3 is 0 Å². The predicted octanol–water partition coefficient (Wildman–Crippen LogP) is 3.03. The monoisotopic (exact) mass is 516 g/mol. The van der Waals surface area contributed by atoms with Crippen molar-refractivity contribution in [2.45, 2.75) is 26.8 Å². The van der Waals surface area contributed by atoms with Crippen LogP contribution in [0.4, 0.5) is 0 Å². The van der Waals surface area contributed by atoms with Gasteiger partial charge in [-0.25, -0.2) is 12.7 Å². The lowest BCUT2D eigenvalue weighted by molar-refractivity contribution is 0.459. The fourth-order valence-corrected chi connectivity index (χ4v) is 3.31. The van der Waals surface area contributed by atoms with Crippen LogP contribution in [0.2, 0.25) is 5.02 Å². The zero-order valence-electron chi connectivity index (χ0n) is 15.9. The van der Waals surface area contributed by atoms with Gasteiger partial charge < -0.3 is 10.2 Å². The highest BCUT2D eigenvalue weighted by atomic mass is 127. The van der Waals surface area contributed by atoms with Gasteiger partial charge in [0.25, 0.3) is 0 Å². The molecule has 0 aliphatic heterocycles. The zero-order valence-corrected chi connectivity index (χ0v) is 19.8. The fraction of sp³-hybridized carbons (Fsp3) is 0.588.